The summed E-state index contributed by atoms with van der Waals surface area (Å²) in [6.07, 6.45) is 0. The van der Waals surface area contributed by atoms with Crippen molar-refractivity contribution in [2.45, 2.75) is 13.8 Å². The van der Waals surface area contributed by atoms with Crippen LogP contribution in [0.1, 0.15) is 13.8 Å². The predicted octanol–water partition coefficient (Wildman–Crippen LogP) is 3.18. The van der Waals surface area contributed by atoms with Gasteiger partial charge in [-0.2, -0.15) is 0 Å². The smallest absolute Gasteiger partial charge is 0.271 e. The molecule has 0 aromatic heterocycles. The number of rotatable bonds is 4. The Morgan fingerprint density at radius 2 is 2.11 bits per heavy atom. The number of hydrogen-bond acceptors (Lipinski definition) is 3. The van der Waals surface area contributed by atoms with Crippen LogP contribution >= 0.6 is 11.6 Å². The average molecular weight is 269 g/mol. The highest BCUT2D eigenvalue weighted by atomic mass is 35.5. The van der Waals surface area contributed by atoms with Crippen LogP contribution in [0.5, 0.6) is 0 Å². The first-order valence-electron chi connectivity index (χ1n) is 5.19. The molecule has 0 unspecified atom stereocenters. The summed E-state index contributed by atoms with van der Waals surface area (Å²) >= 11 is 5.98. The van der Waals surface area contributed by atoms with E-state index in [1.54, 1.807) is 6.92 Å². The number of nitro benzene ring substituents is 1. The van der Waals surface area contributed by atoms with Crippen LogP contribution in [-0.2, 0) is 4.79 Å². The molecule has 1 rings (SSSR count). The van der Waals surface area contributed by atoms with E-state index in [-0.39, 0.29) is 23.2 Å². The number of non-ortho nitro benzene ring substituents is 1. The lowest BCUT2D eigenvalue weighted by Crippen LogP contribution is -2.30. The molecule has 0 N–H and O–H groups in total. The van der Waals surface area contributed by atoms with Gasteiger partial charge in [-0.3, -0.25) is 14.9 Å². The lowest BCUT2D eigenvalue weighted by molar-refractivity contribution is -0.384. The van der Waals surface area contributed by atoms with E-state index in [0.29, 0.717) is 5.69 Å². The van der Waals surface area contributed by atoms with Crippen molar-refractivity contribution in [3.05, 3.63) is 45.5 Å². The van der Waals surface area contributed by atoms with Crippen molar-refractivity contribution in [1.82, 2.24) is 0 Å². The van der Waals surface area contributed by atoms with Gasteiger partial charge >= 0.3 is 0 Å². The number of amides is 1. The fourth-order valence-electron chi connectivity index (χ4n) is 1.46. The molecule has 0 aliphatic carbocycles. The minimum absolute atomic E-state index is 0.109. The molecular formula is C12H13ClN2O3. The Morgan fingerprint density at radius 1 is 1.50 bits per heavy atom. The lowest BCUT2D eigenvalue weighted by Gasteiger charge is -2.22. The second-order valence-electron chi connectivity index (χ2n) is 3.96. The maximum absolute atomic E-state index is 11.6. The van der Waals surface area contributed by atoms with Gasteiger partial charge in [0.1, 0.15) is 0 Å². The van der Waals surface area contributed by atoms with Gasteiger partial charge in [0.15, 0.2) is 0 Å². The Balaban J connectivity index is 3.26. The minimum atomic E-state index is -0.529. The molecule has 1 aromatic carbocycles. The minimum Gasteiger partial charge on any atom is -0.307 e. The van der Waals surface area contributed by atoms with Crippen LogP contribution in [0.15, 0.2) is 30.4 Å². The average Bonchev–Trinajstić information content (AvgIpc) is 2.26. The van der Waals surface area contributed by atoms with Crippen molar-refractivity contribution in [2.24, 2.45) is 0 Å². The number of halogens is 1. The Hall–Kier alpha value is -1.88. The zero-order chi connectivity index (χ0) is 13.9. The van der Waals surface area contributed by atoms with Crippen LogP contribution in [0.3, 0.4) is 0 Å². The van der Waals surface area contributed by atoms with E-state index < -0.39 is 4.92 Å². The third kappa shape index (κ3) is 3.30. The molecule has 0 saturated heterocycles. The first-order chi connectivity index (χ1) is 8.32. The van der Waals surface area contributed by atoms with Crippen LogP contribution in [0.4, 0.5) is 11.4 Å². The molecule has 0 aliphatic heterocycles. The van der Waals surface area contributed by atoms with E-state index in [1.165, 1.54) is 30.0 Å². The SMILES string of the molecule is C=C(C)CN(C(C)=O)c1cc([N+](=O)[O-])ccc1Cl. The molecular weight excluding hydrogens is 256 g/mol. The van der Waals surface area contributed by atoms with Gasteiger partial charge in [-0.25, -0.2) is 0 Å². The summed E-state index contributed by atoms with van der Waals surface area (Å²) < 4.78 is 0. The quantitative estimate of drug-likeness (QED) is 0.479. The Kier molecular flexibility index (Phi) is 4.44. The maximum Gasteiger partial charge on any atom is 0.271 e. The van der Waals surface area contributed by atoms with Crippen LogP contribution in [0, 0.1) is 10.1 Å². The molecule has 0 heterocycles. The number of anilines is 1. The van der Waals surface area contributed by atoms with Gasteiger partial charge in [0.25, 0.3) is 5.69 Å². The summed E-state index contributed by atoms with van der Waals surface area (Å²) in [5.74, 6) is -0.250. The number of nitrogens with zero attached hydrogens (tertiary/aromatic N) is 2. The summed E-state index contributed by atoms with van der Waals surface area (Å²) in [6.45, 7) is 7.13. The summed E-state index contributed by atoms with van der Waals surface area (Å²) in [4.78, 5) is 23.1. The zero-order valence-electron chi connectivity index (χ0n) is 10.1. The zero-order valence-corrected chi connectivity index (χ0v) is 10.9. The van der Waals surface area contributed by atoms with Crippen LogP contribution in [0.25, 0.3) is 0 Å². The molecule has 0 saturated carbocycles. The van der Waals surface area contributed by atoms with Crippen LogP contribution in [0.2, 0.25) is 5.02 Å². The van der Waals surface area contributed by atoms with E-state index in [1.807, 2.05) is 0 Å². The molecule has 1 aromatic rings. The fraction of sp³-hybridized carbons (Fsp3) is 0.250. The van der Waals surface area contributed by atoms with Gasteiger partial charge in [-0.05, 0) is 13.0 Å². The normalized spacial score (nSPS) is 9.94. The van der Waals surface area contributed by atoms with Crippen molar-refractivity contribution < 1.29 is 9.72 Å². The van der Waals surface area contributed by atoms with E-state index in [9.17, 15) is 14.9 Å². The van der Waals surface area contributed by atoms with Crippen molar-refractivity contribution in [2.75, 3.05) is 11.4 Å². The highest BCUT2D eigenvalue weighted by Gasteiger charge is 2.18. The third-order valence-electron chi connectivity index (χ3n) is 2.24. The summed E-state index contributed by atoms with van der Waals surface area (Å²) in [6, 6.07) is 3.99. The van der Waals surface area contributed by atoms with Gasteiger partial charge in [0.05, 0.1) is 15.6 Å². The maximum atomic E-state index is 11.6. The Bertz CT molecular complexity index is 514. The number of carbonyl (C=O) groups is 1. The second kappa shape index (κ2) is 5.64. The molecule has 1 amide bonds. The first-order valence-corrected chi connectivity index (χ1v) is 5.57. The third-order valence-corrected chi connectivity index (χ3v) is 2.56. The van der Waals surface area contributed by atoms with E-state index >= 15 is 0 Å². The number of hydrogen-bond donors (Lipinski definition) is 0. The summed E-state index contributed by atoms with van der Waals surface area (Å²) in [7, 11) is 0. The van der Waals surface area contributed by atoms with Gasteiger partial charge in [0, 0.05) is 25.6 Å². The lowest BCUT2D eigenvalue weighted by atomic mass is 10.2. The predicted molar refractivity (Wildman–Crippen MR) is 70.9 cm³/mol. The van der Waals surface area contributed by atoms with E-state index in [2.05, 4.69) is 6.58 Å². The first kappa shape index (κ1) is 14.2. The van der Waals surface area contributed by atoms with Crippen molar-refractivity contribution in [3.8, 4) is 0 Å². The van der Waals surface area contributed by atoms with Gasteiger partial charge in [-0.15, -0.1) is 0 Å². The van der Waals surface area contributed by atoms with Crippen LogP contribution in [-0.4, -0.2) is 17.4 Å². The molecule has 0 spiro atoms. The molecule has 18 heavy (non-hydrogen) atoms. The molecule has 6 heteroatoms. The van der Waals surface area contributed by atoms with Gasteiger partial charge in [-0.1, -0.05) is 23.8 Å². The van der Waals surface area contributed by atoms with Gasteiger partial charge in [0.2, 0.25) is 5.91 Å². The topological polar surface area (TPSA) is 63.5 Å². The number of benzene rings is 1. The summed E-state index contributed by atoms with van der Waals surface area (Å²) in [5, 5.41) is 11.0. The molecule has 0 bridgehead atoms. The van der Waals surface area contributed by atoms with Crippen molar-refractivity contribution >= 4 is 28.9 Å². The molecule has 0 radical (unpaired) electrons. The Morgan fingerprint density at radius 3 is 2.56 bits per heavy atom. The molecule has 0 atom stereocenters. The highest BCUT2D eigenvalue weighted by molar-refractivity contribution is 6.33. The highest BCUT2D eigenvalue weighted by Crippen LogP contribution is 2.30. The van der Waals surface area contributed by atoms with E-state index in [4.69, 9.17) is 11.6 Å². The fourth-order valence-corrected chi connectivity index (χ4v) is 1.68. The van der Waals surface area contributed by atoms with Crippen molar-refractivity contribution in [3.63, 3.8) is 0 Å². The number of nitro groups is 1. The monoisotopic (exact) mass is 268 g/mol. The van der Waals surface area contributed by atoms with Crippen molar-refractivity contribution in [1.29, 1.82) is 0 Å². The standard InChI is InChI=1S/C12H13ClN2O3/c1-8(2)7-14(9(3)16)12-6-10(15(17)18)4-5-11(12)13/h4-6H,1,7H2,2-3H3. The molecule has 96 valence electrons. The Labute approximate surface area is 110 Å². The summed E-state index contributed by atoms with van der Waals surface area (Å²) in [5.41, 5.74) is 0.969. The molecule has 0 fully saturated rings. The second-order valence-corrected chi connectivity index (χ2v) is 4.36. The van der Waals surface area contributed by atoms with Crippen LogP contribution < -0.4 is 4.90 Å². The largest absolute Gasteiger partial charge is 0.307 e. The molecule has 5 nitrogen and oxygen atoms in total. The van der Waals surface area contributed by atoms with Gasteiger partial charge < -0.3 is 4.90 Å². The molecule has 0 aliphatic rings. The number of carbonyl (C=O) groups excluding carboxylic acids is 1. The van der Waals surface area contributed by atoms with E-state index in [0.717, 1.165) is 5.57 Å².